The molecule has 0 saturated carbocycles. The maximum absolute atomic E-state index is 5.46. The van der Waals surface area contributed by atoms with Crippen LogP contribution in [0.5, 0.6) is 0 Å². The number of rotatable bonds is 4. The number of morpholine rings is 1. The van der Waals surface area contributed by atoms with Crippen molar-refractivity contribution in [3.63, 3.8) is 0 Å². The molecule has 0 N–H and O–H groups in total. The molecule has 132 valence electrons. The van der Waals surface area contributed by atoms with Crippen LogP contribution in [0.4, 0.5) is 0 Å². The quantitative estimate of drug-likeness (QED) is 0.724. The molecule has 0 radical (unpaired) electrons. The highest BCUT2D eigenvalue weighted by molar-refractivity contribution is 5.76. The maximum atomic E-state index is 5.46. The molecule has 0 unspecified atom stereocenters. The van der Waals surface area contributed by atoms with Crippen molar-refractivity contribution in [1.82, 2.24) is 29.4 Å². The van der Waals surface area contributed by atoms with E-state index in [2.05, 4.69) is 56.8 Å². The average Bonchev–Trinajstić information content (AvgIpc) is 3.23. The van der Waals surface area contributed by atoms with Crippen LogP contribution in [0, 0.1) is 0 Å². The summed E-state index contributed by atoms with van der Waals surface area (Å²) in [5.74, 6) is 1.06. The minimum absolute atomic E-state index is 0.0713. The standard InChI is InChI=1S/C18H24N6O/c1-18(2,13-23-8-10-25-11-9-23)17-19-6-7-24(17)14-4-5-16-15(12-14)20-21-22(16)3/h4-7,12H,8-11,13H2,1-3H3. The third-order valence-corrected chi connectivity index (χ3v) is 4.84. The summed E-state index contributed by atoms with van der Waals surface area (Å²) in [6, 6.07) is 6.23. The van der Waals surface area contributed by atoms with Gasteiger partial charge in [-0.1, -0.05) is 19.1 Å². The highest BCUT2D eigenvalue weighted by Crippen LogP contribution is 2.27. The van der Waals surface area contributed by atoms with Crippen molar-refractivity contribution >= 4 is 11.0 Å². The number of ether oxygens (including phenoxy) is 1. The highest BCUT2D eigenvalue weighted by atomic mass is 16.5. The van der Waals surface area contributed by atoms with Gasteiger partial charge < -0.3 is 9.30 Å². The number of nitrogens with zero attached hydrogens (tertiary/aromatic N) is 6. The molecule has 0 spiro atoms. The number of benzene rings is 1. The predicted octanol–water partition coefficient (Wildman–Crippen LogP) is 1.76. The van der Waals surface area contributed by atoms with Crippen LogP contribution in [0.15, 0.2) is 30.6 Å². The third-order valence-electron chi connectivity index (χ3n) is 4.84. The minimum Gasteiger partial charge on any atom is -0.379 e. The molecule has 3 heterocycles. The van der Waals surface area contributed by atoms with E-state index in [1.54, 1.807) is 4.68 Å². The summed E-state index contributed by atoms with van der Waals surface area (Å²) in [6.07, 6.45) is 3.89. The lowest BCUT2D eigenvalue weighted by atomic mass is 9.91. The Morgan fingerprint density at radius 3 is 2.80 bits per heavy atom. The fraction of sp³-hybridized carbons (Fsp3) is 0.500. The van der Waals surface area contributed by atoms with E-state index in [1.807, 2.05) is 19.4 Å². The summed E-state index contributed by atoms with van der Waals surface area (Å²) in [4.78, 5) is 7.13. The van der Waals surface area contributed by atoms with Crippen LogP contribution in [0.25, 0.3) is 16.7 Å². The van der Waals surface area contributed by atoms with Gasteiger partial charge in [-0.3, -0.25) is 4.90 Å². The van der Waals surface area contributed by atoms with Crippen molar-refractivity contribution in [3.05, 3.63) is 36.4 Å². The second kappa shape index (κ2) is 6.24. The van der Waals surface area contributed by atoms with Crippen molar-refractivity contribution < 1.29 is 4.74 Å². The lowest BCUT2D eigenvalue weighted by molar-refractivity contribution is 0.0288. The first-order chi connectivity index (χ1) is 12.0. The summed E-state index contributed by atoms with van der Waals surface area (Å²) < 4.78 is 9.41. The fourth-order valence-electron chi connectivity index (χ4n) is 3.58. The summed E-state index contributed by atoms with van der Waals surface area (Å²) in [5, 5.41) is 8.32. The Morgan fingerprint density at radius 1 is 1.20 bits per heavy atom. The summed E-state index contributed by atoms with van der Waals surface area (Å²) in [7, 11) is 1.91. The molecular formula is C18H24N6O. The molecule has 1 aliphatic rings. The molecule has 1 aromatic carbocycles. The lowest BCUT2D eigenvalue weighted by Crippen LogP contribution is -2.44. The Balaban J connectivity index is 1.66. The molecule has 4 rings (SSSR count). The SMILES string of the molecule is Cn1nnc2cc(-n3ccnc3C(C)(C)CN3CCOCC3)ccc21. The van der Waals surface area contributed by atoms with E-state index in [0.717, 1.165) is 55.4 Å². The van der Waals surface area contributed by atoms with Gasteiger partial charge in [-0.2, -0.15) is 0 Å². The van der Waals surface area contributed by atoms with Crippen molar-refractivity contribution in [1.29, 1.82) is 0 Å². The molecule has 25 heavy (non-hydrogen) atoms. The van der Waals surface area contributed by atoms with Crippen molar-refractivity contribution in [3.8, 4) is 5.69 Å². The van der Waals surface area contributed by atoms with E-state index >= 15 is 0 Å². The topological polar surface area (TPSA) is 61.0 Å². The van der Waals surface area contributed by atoms with Gasteiger partial charge >= 0.3 is 0 Å². The Hall–Kier alpha value is -2.25. The number of imidazole rings is 1. The maximum Gasteiger partial charge on any atom is 0.120 e. The molecule has 0 bridgehead atoms. The van der Waals surface area contributed by atoms with Crippen LogP contribution in [0.2, 0.25) is 0 Å². The van der Waals surface area contributed by atoms with Crippen LogP contribution in [-0.4, -0.2) is 62.3 Å². The first kappa shape index (κ1) is 16.2. The van der Waals surface area contributed by atoms with Gasteiger partial charge in [0.05, 0.1) is 18.7 Å². The van der Waals surface area contributed by atoms with Crippen LogP contribution in [0.3, 0.4) is 0 Å². The molecule has 0 aliphatic carbocycles. The van der Waals surface area contributed by atoms with Gasteiger partial charge in [0, 0.05) is 50.2 Å². The first-order valence-corrected chi connectivity index (χ1v) is 8.68. The smallest absolute Gasteiger partial charge is 0.120 e. The van der Waals surface area contributed by atoms with E-state index in [4.69, 9.17) is 4.74 Å². The molecule has 0 amide bonds. The number of fused-ring (bicyclic) bond motifs is 1. The monoisotopic (exact) mass is 340 g/mol. The van der Waals surface area contributed by atoms with Crippen LogP contribution < -0.4 is 0 Å². The molecule has 1 aliphatic heterocycles. The number of hydrogen-bond donors (Lipinski definition) is 0. The second-order valence-electron chi connectivity index (χ2n) is 7.28. The third kappa shape index (κ3) is 3.05. The molecule has 1 saturated heterocycles. The van der Waals surface area contributed by atoms with Crippen molar-refractivity contribution in [2.45, 2.75) is 19.3 Å². The average molecular weight is 340 g/mol. The van der Waals surface area contributed by atoms with E-state index < -0.39 is 0 Å². The molecular weight excluding hydrogens is 316 g/mol. The Kier molecular flexibility index (Phi) is 4.05. The van der Waals surface area contributed by atoms with E-state index in [0.29, 0.717) is 0 Å². The minimum atomic E-state index is -0.0713. The van der Waals surface area contributed by atoms with Gasteiger partial charge in [0.15, 0.2) is 0 Å². The molecule has 7 heteroatoms. The highest BCUT2D eigenvalue weighted by Gasteiger charge is 2.29. The predicted molar refractivity (Wildman–Crippen MR) is 95.9 cm³/mol. The van der Waals surface area contributed by atoms with Gasteiger partial charge in [0.2, 0.25) is 0 Å². The zero-order valence-corrected chi connectivity index (χ0v) is 15.0. The number of hydrogen-bond acceptors (Lipinski definition) is 5. The van der Waals surface area contributed by atoms with Gasteiger partial charge in [-0.15, -0.1) is 5.10 Å². The normalized spacial score (nSPS) is 16.6. The first-order valence-electron chi connectivity index (χ1n) is 8.68. The van der Waals surface area contributed by atoms with Gasteiger partial charge in [0.1, 0.15) is 11.3 Å². The number of aryl methyl sites for hydroxylation is 1. The van der Waals surface area contributed by atoms with Crippen molar-refractivity contribution in [2.24, 2.45) is 7.05 Å². The van der Waals surface area contributed by atoms with E-state index in [1.165, 1.54) is 0 Å². The zero-order chi connectivity index (χ0) is 17.4. The largest absolute Gasteiger partial charge is 0.379 e. The zero-order valence-electron chi connectivity index (χ0n) is 15.0. The molecule has 7 nitrogen and oxygen atoms in total. The summed E-state index contributed by atoms with van der Waals surface area (Å²) >= 11 is 0. The Bertz CT molecular complexity index is 875. The van der Waals surface area contributed by atoms with E-state index in [9.17, 15) is 0 Å². The molecule has 1 fully saturated rings. The van der Waals surface area contributed by atoms with Crippen molar-refractivity contribution in [2.75, 3.05) is 32.8 Å². The Morgan fingerprint density at radius 2 is 2.00 bits per heavy atom. The van der Waals surface area contributed by atoms with Gasteiger partial charge in [-0.05, 0) is 18.2 Å². The van der Waals surface area contributed by atoms with Gasteiger partial charge in [0.25, 0.3) is 0 Å². The van der Waals surface area contributed by atoms with Crippen LogP contribution in [0.1, 0.15) is 19.7 Å². The molecule has 3 aromatic rings. The fourth-order valence-corrected chi connectivity index (χ4v) is 3.58. The molecule has 0 atom stereocenters. The van der Waals surface area contributed by atoms with Gasteiger partial charge in [-0.25, -0.2) is 9.67 Å². The number of aromatic nitrogens is 5. The van der Waals surface area contributed by atoms with Crippen LogP contribution in [-0.2, 0) is 17.2 Å². The second-order valence-corrected chi connectivity index (χ2v) is 7.28. The lowest BCUT2D eigenvalue weighted by Gasteiger charge is -2.34. The summed E-state index contributed by atoms with van der Waals surface area (Å²) in [6.45, 7) is 9.05. The Labute approximate surface area is 147 Å². The molecule has 2 aromatic heterocycles. The van der Waals surface area contributed by atoms with Crippen LogP contribution >= 0.6 is 0 Å². The van der Waals surface area contributed by atoms with E-state index in [-0.39, 0.29) is 5.41 Å². The summed E-state index contributed by atoms with van der Waals surface area (Å²) in [5.41, 5.74) is 2.91.